The minimum Gasteiger partial charge on any atom is -0.494 e. The van der Waals surface area contributed by atoms with Gasteiger partial charge in [-0.25, -0.2) is 0 Å². The third kappa shape index (κ3) is 8.74. The molecule has 2 N–H and O–H groups in total. The highest BCUT2D eigenvalue weighted by Crippen LogP contribution is 2.12. The SMILES string of the molecule is COCCOCCCOCCCOc1ccc(N)cc1. The lowest BCUT2D eigenvalue weighted by atomic mass is 10.3. The van der Waals surface area contributed by atoms with Gasteiger partial charge in [0.05, 0.1) is 19.8 Å². The highest BCUT2D eigenvalue weighted by atomic mass is 16.5. The molecule has 1 aromatic rings. The molecular formula is C15H25NO4. The van der Waals surface area contributed by atoms with Gasteiger partial charge >= 0.3 is 0 Å². The summed E-state index contributed by atoms with van der Waals surface area (Å²) in [4.78, 5) is 0. The van der Waals surface area contributed by atoms with Crippen LogP contribution in [0.25, 0.3) is 0 Å². The van der Waals surface area contributed by atoms with E-state index in [0.717, 1.165) is 30.9 Å². The van der Waals surface area contributed by atoms with Crippen LogP contribution in [0.4, 0.5) is 5.69 Å². The van der Waals surface area contributed by atoms with Crippen molar-refractivity contribution in [3.63, 3.8) is 0 Å². The van der Waals surface area contributed by atoms with Crippen LogP contribution in [0.2, 0.25) is 0 Å². The van der Waals surface area contributed by atoms with Gasteiger partial charge in [-0.3, -0.25) is 0 Å². The molecule has 5 heteroatoms. The molecule has 0 bridgehead atoms. The van der Waals surface area contributed by atoms with Crippen LogP contribution in [0.1, 0.15) is 12.8 Å². The van der Waals surface area contributed by atoms with Gasteiger partial charge in [0.15, 0.2) is 0 Å². The van der Waals surface area contributed by atoms with E-state index in [0.29, 0.717) is 33.0 Å². The van der Waals surface area contributed by atoms with Gasteiger partial charge in [-0.05, 0) is 30.7 Å². The molecule has 0 atom stereocenters. The summed E-state index contributed by atoms with van der Waals surface area (Å²) in [6.45, 7) is 4.07. The van der Waals surface area contributed by atoms with Crippen molar-refractivity contribution < 1.29 is 18.9 Å². The molecule has 0 heterocycles. The normalized spacial score (nSPS) is 10.7. The smallest absolute Gasteiger partial charge is 0.119 e. The van der Waals surface area contributed by atoms with Crippen LogP contribution >= 0.6 is 0 Å². The van der Waals surface area contributed by atoms with Gasteiger partial charge in [0.25, 0.3) is 0 Å². The second-order valence-electron chi connectivity index (χ2n) is 4.34. The highest BCUT2D eigenvalue weighted by Gasteiger charge is 1.94. The molecule has 0 unspecified atom stereocenters. The lowest BCUT2D eigenvalue weighted by Gasteiger charge is -2.07. The van der Waals surface area contributed by atoms with Crippen molar-refractivity contribution in [2.24, 2.45) is 0 Å². The number of ether oxygens (including phenoxy) is 4. The van der Waals surface area contributed by atoms with E-state index < -0.39 is 0 Å². The summed E-state index contributed by atoms with van der Waals surface area (Å²) in [6.07, 6.45) is 1.78. The van der Waals surface area contributed by atoms with Crippen molar-refractivity contribution in [3.8, 4) is 5.75 Å². The number of nitrogen functional groups attached to an aromatic ring is 1. The van der Waals surface area contributed by atoms with E-state index in [4.69, 9.17) is 24.7 Å². The molecule has 1 aromatic carbocycles. The van der Waals surface area contributed by atoms with E-state index >= 15 is 0 Å². The van der Waals surface area contributed by atoms with Crippen LogP contribution in [0.5, 0.6) is 5.75 Å². The van der Waals surface area contributed by atoms with Crippen LogP contribution in [-0.2, 0) is 14.2 Å². The number of anilines is 1. The van der Waals surface area contributed by atoms with E-state index in [-0.39, 0.29) is 0 Å². The first-order chi connectivity index (χ1) is 9.83. The molecule has 20 heavy (non-hydrogen) atoms. The van der Waals surface area contributed by atoms with Crippen LogP contribution in [0.15, 0.2) is 24.3 Å². The third-order valence-corrected chi connectivity index (χ3v) is 2.59. The lowest BCUT2D eigenvalue weighted by Crippen LogP contribution is -2.07. The van der Waals surface area contributed by atoms with Gasteiger partial charge in [0, 0.05) is 39.0 Å². The Hall–Kier alpha value is -1.30. The minimum absolute atomic E-state index is 0.642. The Morgan fingerprint density at radius 3 is 2.05 bits per heavy atom. The molecule has 1 rings (SSSR count). The highest BCUT2D eigenvalue weighted by molar-refractivity contribution is 5.41. The maximum Gasteiger partial charge on any atom is 0.119 e. The zero-order chi connectivity index (χ0) is 14.5. The number of hydrogen-bond acceptors (Lipinski definition) is 5. The van der Waals surface area contributed by atoms with Crippen LogP contribution in [-0.4, -0.2) is 46.8 Å². The Morgan fingerprint density at radius 2 is 1.40 bits per heavy atom. The van der Waals surface area contributed by atoms with Crippen molar-refractivity contribution in [3.05, 3.63) is 24.3 Å². The van der Waals surface area contributed by atoms with Crippen molar-refractivity contribution in [1.29, 1.82) is 0 Å². The van der Waals surface area contributed by atoms with Gasteiger partial charge < -0.3 is 24.7 Å². The largest absolute Gasteiger partial charge is 0.494 e. The average molecular weight is 283 g/mol. The fourth-order valence-corrected chi connectivity index (χ4v) is 1.52. The first-order valence-corrected chi connectivity index (χ1v) is 6.95. The second-order valence-corrected chi connectivity index (χ2v) is 4.34. The number of rotatable bonds is 12. The fourth-order valence-electron chi connectivity index (χ4n) is 1.52. The van der Waals surface area contributed by atoms with E-state index in [1.807, 2.05) is 24.3 Å². The van der Waals surface area contributed by atoms with Crippen molar-refractivity contribution in [1.82, 2.24) is 0 Å². The second kappa shape index (κ2) is 11.5. The van der Waals surface area contributed by atoms with Crippen LogP contribution < -0.4 is 10.5 Å². The summed E-state index contributed by atoms with van der Waals surface area (Å²) < 4.78 is 21.3. The van der Waals surface area contributed by atoms with Crippen LogP contribution in [0.3, 0.4) is 0 Å². The average Bonchev–Trinajstić information content (AvgIpc) is 2.47. The quantitative estimate of drug-likeness (QED) is 0.470. The Labute approximate surface area is 121 Å². The van der Waals surface area contributed by atoms with Gasteiger partial charge in [-0.15, -0.1) is 0 Å². The Bertz CT molecular complexity index is 329. The summed E-state index contributed by atoms with van der Waals surface area (Å²) in [5.41, 5.74) is 6.34. The predicted molar refractivity (Wildman–Crippen MR) is 79.1 cm³/mol. The van der Waals surface area contributed by atoms with Crippen molar-refractivity contribution >= 4 is 5.69 Å². The zero-order valence-electron chi connectivity index (χ0n) is 12.2. The summed E-state index contributed by atoms with van der Waals surface area (Å²) >= 11 is 0. The molecule has 0 aliphatic carbocycles. The zero-order valence-corrected chi connectivity index (χ0v) is 12.2. The molecule has 0 radical (unpaired) electrons. The van der Waals surface area contributed by atoms with Crippen molar-refractivity contribution in [2.45, 2.75) is 12.8 Å². The monoisotopic (exact) mass is 283 g/mol. The Kier molecular flexibility index (Phi) is 9.65. The van der Waals surface area contributed by atoms with Crippen molar-refractivity contribution in [2.75, 3.05) is 52.5 Å². The number of methoxy groups -OCH3 is 1. The maximum atomic E-state index is 5.60. The first kappa shape index (κ1) is 16.8. The molecule has 0 fully saturated rings. The number of benzene rings is 1. The van der Waals surface area contributed by atoms with E-state index in [9.17, 15) is 0 Å². The summed E-state index contributed by atoms with van der Waals surface area (Å²) in [5, 5.41) is 0. The molecule has 5 nitrogen and oxygen atoms in total. The molecule has 0 saturated carbocycles. The van der Waals surface area contributed by atoms with Gasteiger partial charge in [0.1, 0.15) is 5.75 Å². The first-order valence-electron chi connectivity index (χ1n) is 6.95. The molecule has 0 amide bonds. The predicted octanol–water partition coefficient (Wildman–Crippen LogP) is 2.11. The van der Waals surface area contributed by atoms with E-state index in [1.54, 1.807) is 7.11 Å². The van der Waals surface area contributed by atoms with E-state index in [2.05, 4.69) is 0 Å². The van der Waals surface area contributed by atoms with Gasteiger partial charge in [-0.2, -0.15) is 0 Å². The lowest BCUT2D eigenvalue weighted by molar-refractivity contribution is 0.0496. The molecule has 0 spiro atoms. The molecule has 0 saturated heterocycles. The topological polar surface area (TPSA) is 62.9 Å². The fraction of sp³-hybridized carbons (Fsp3) is 0.600. The molecule has 0 aromatic heterocycles. The Balaban J connectivity index is 1.84. The summed E-state index contributed by atoms with van der Waals surface area (Å²) in [5.74, 6) is 0.839. The Morgan fingerprint density at radius 1 is 0.800 bits per heavy atom. The van der Waals surface area contributed by atoms with Gasteiger partial charge in [-0.1, -0.05) is 0 Å². The molecule has 114 valence electrons. The molecule has 0 aliphatic heterocycles. The summed E-state index contributed by atoms with van der Waals surface area (Å²) in [7, 11) is 1.67. The third-order valence-electron chi connectivity index (χ3n) is 2.59. The summed E-state index contributed by atoms with van der Waals surface area (Å²) in [6, 6.07) is 7.39. The standard InChI is InChI=1S/C15H25NO4/c1-17-12-13-19-9-2-8-18-10-3-11-20-15-6-4-14(16)5-7-15/h4-7H,2-3,8-13,16H2,1H3. The van der Waals surface area contributed by atoms with Crippen LogP contribution in [0, 0.1) is 0 Å². The number of nitrogens with two attached hydrogens (primary N) is 1. The maximum absolute atomic E-state index is 5.60. The number of hydrogen-bond donors (Lipinski definition) is 1. The molecule has 0 aliphatic rings. The molecular weight excluding hydrogens is 258 g/mol. The van der Waals surface area contributed by atoms with E-state index in [1.165, 1.54) is 0 Å². The van der Waals surface area contributed by atoms with Gasteiger partial charge in [0.2, 0.25) is 0 Å². The minimum atomic E-state index is 0.642.